The highest BCUT2D eigenvalue weighted by Gasteiger charge is 2.10. The molecule has 70 valence electrons. The monoisotopic (exact) mass is 181 g/mol. The van der Waals surface area contributed by atoms with Crippen LogP contribution in [0.1, 0.15) is 21.5 Å². The fraction of sp³-hybridized carbons (Fsp3) is 0.300. The van der Waals surface area contributed by atoms with Gasteiger partial charge in [-0.05, 0) is 37.1 Å². The van der Waals surface area contributed by atoms with Crippen LogP contribution in [0.5, 0.6) is 0 Å². The van der Waals surface area contributed by atoms with Gasteiger partial charge in [-0.25, -0.2) is 4.39 Å². The van der Waals surface area contributed by atoms with Gasteiger partial charge in [0.2, 0.25) is 0 Å². The molecule has 1 aromatic rings. The SMILES string of the molecule is Cc1cc(F)c(C(=O)CN)cc1C. The maximum absolute atomic E-state index is 13.2. The normalized spacial score (nSPS) is 10.2. The quantitative estimate of drug-likeness (QED) is 0.704. The van der Waals surface area contributed by atoms with E-state index >= 15 is 0 Å². The maximum Gasteiger partial charge on any atom is 0.179 e. The van der Waals surface area contributed by atoms with Crippen LogP contribution in [-0.2, 0) is 0 Å². The van der Waals surface area contributed by atoms with Gasteiger partial charge in [-0.2, -0.15) is 0 Å². The van der Waals surface area contributed by atoms with E-state index in [-0.39, 0.29) is 17.9 Å². The average Bonchev–Trinajstić information content (AvgIpc) is 2.10. The summed E-state index contributed by atoms with van der Waals surface area (Å²) in [7, 11) is 0. The Hall–Kier alpha value is -1.22. The summed E-state index contributed by atoms with van der Waals surface area (Å²) in [5, 5.41) is 0. The van der Waals surface area contributed by atoms with E-state index in [0.717, 1.165) is 11.1 Å². The number of carbonyl (C=O) groups excluding carboxylic acids is 1. The summed E-state index contributed by atoms with van der Waals surface area (Å²) in [5.41, 5.74) is 6.97. The zero-order valence-electron chi connectivity index (χ0n) is 7.73. The molecule has 2 nitrogen and oxygen atoms in total. The van der Waals surface area contributed by atoms with Crippen molar-refractivity contribution in [1.29, 1.82) is 0 Å². The van der Waals surface area contributed by atoms with Gasteiger partial charge in [0.05, 0.1) is 12.1 Å². The first kappa shape index (κ1) is 9.86. The Bertz CT molecular complexity index is 347. The minimum Gasteiger partial charge on any atom is -0.324 e. The second kappa shape index (κ2) is 3.66. The van der Waals surface area contributed by atoms with Crippen LogP contribution in [-0.4, -0.2) is 12.3 Å². The number of ketones is 1. The Balaban J connectivity index is 3.23. The zero-order chi connectivity index (χ0) is 10.0. The molecule has 0 atom stereocenters. The van der Waals surface area contributed by atoms with E-state index in [2.05, 4.69) is 0 Å². The molecule has 0 heterocycles. The Morgan fingerprint density at radius 1 is 1.38 bits per heavy atom. The molecule has 3 heteroatoms. The third-order valence-corrected chi connectivity index (χ3v) is 2.07. The minimum atomic E-state index is -0.487. The molecule has 0 aliphatic carbocycles. The van der Waals surface area contributed by atoms with E-state index in [0.29, 0.717) is 0 Å². The molecular formula is C10H12FNO. The summed E-state index contributed by atoms with van der Waals surface area (Å²) in [6.07, 6.45) is 0. The largest absolute Gasteiger partial charge is 0.324 e. The second-order valence-electron chi connectivity index (χ2n) is 3.04. The highest BCUT2D eigenvalue weighted by atomic mass is 19.1. The van der Waals surface area contributed by atoms with E-state index in [1.807, 2.05) is 6.92 Å². The molecule has 0 fully saturated rings. The van der Waals surface area contributed by atoms with E-state index in [1.165, 1.54) is 6.07 Å². The predicted molar refractivity (Wildman–Crippen MR) is 49.3 cm³/mol. The van der Waals surface area contributed by atoms with Gasteiger partial charge in [-0.15, -0.1) is 0 Å². The fourth-order valence-corrected chi connectivity index (χ4v) is 1.10. The lowest BCUT2D eigenvalue weighted by Gasteiger charge is -2.04. The summed E-state index contributed by atoms with van der Waals surface area (Å²) in [5.74, 6) is -0.848. The Labute approximate surface area is 76.6 Å². The maximum atomic E-state index is 13.2. The van der Waals surface area contributed by atoms with Gasteiger partial charge in [0.1, 0.15) is 5.82 Å². The molecule has 0 amide bonds. The first-order valence-electron chi connectivity index (χ1n) is 4.06. The summed E-state index contributed by atoms with van der Waals surface area (Å²) in [6.45, 7) is 3.48. The van der Waals surface area contributed by atoms with Crippen LogP contribution in [0.25, 0.3) is 0 Å². The van der Waals surface area contributed by atoms with Crippen molar-refractivity contribution in [2.24, 2.45) is 5.73 Å². The van der Waals surface area contributed by atoms with E-state index in [4.69, 9.17) is 5.73 Å². The standard InChI is InChI=1S/C10H12FNO/c1-6-3-8(10(13)5-12)9(11)4-7(6)2/h3-4H,5,12H2,1-2H3. The summed E-state index contributed by atoms with van der Waals surface area (Å²) < 4.78 is 13.2. The van der Waals surface area contributed by atoms with Crippen molar-refractivity contribution in [3.63, 3.8) is 0 Å². The number of rotatable bonds is 2. The zero-order valence-corrected chi connectivity index (χ0v) is 7.73. The van der Waals surface area contributed by atoms with Gasteiger partial charge in [0.15, 0.2) is 5.78 Å². The van der Waals surface area contributed by atoms with Crippen molar-refractivity contribution in [1.82, 2.24) is 0 Å². The molecule has 0 spiro atoms. The highest BCUT2D eigenvalue weighted by Crippen LogP contribution is 2.14. The van der Waals surface area contributed by atoms with Gasteiger partial charge in [-0.3, -0.25) is 4.79 Å². The molecule has 1 aromatic carbocycles. The minimum absolute atomic E-state index is 0.0885. The molecule has 1 rings (SSSR count). The summed E-state index contributed by atoms with van der Waals surface area (Å²) >= 11 is 0. The van der Waals surface area contributed by atoms with Gasteiger partial charge < -0.3 is 5.73 Å². The molecule has 0 radical (unpaired) electrons. The van der Waals surface area contributed by atoms with Crippen LogP contribution < -0.4 is 5.73 Å². The van der Waals surface area contributed by atoms with E-state index in [9.17, 15) is 9.18 Å². The lowest BCUT2D eigenvalue weighted by molar-refractivity contribution is 0.0997. The number of hydrogen-bond donors (Lipinski definition) is 1. The molecule has 0 aromatic heterocycles. The van der Waals surface area contributed by atoms with Gasteiger partial charge in [-0.1, -0.05) is 0 Å². The van der Waals surface area contributed by atoms with Crippen LogP contribution in [0.15, 0.2) is 12.1 Å². The van der Waals surface area contributed by atoms with Crippen molar-refractivity contribution in [2.75, 3.05) is 6.54 Å². The number of aryl methyl sites for hydroxylation is 2. The summed E-state index contributed by atoms with van der Waals surface area (Å²) in [4.78, 5) is 11.1. The van der Waals surface area contributed by atoms with Crippen molar-refractivity contribution >= 4 is 5.78 Å². The molecule has 0 saturated heterocycles. The first-order valence-corrected chi connectivity index (χ1v) is 4.06. The fourth-order valence-electron chi connectivity index (χ4n) is 1.10. The molecule has 0 aliphatic rings. The van der Waals surface area contributed by atoms with Crippen LogP contribution in [0.2, 0.25) is 0 Å². The number of Topliss-reactive ketones (excluding diaryl/α,β-unsaturated/α-hetero) is 1. The summed E-state index contributed by atoms with van der Waals surface area (Å²) in [6, 6.07) is 2.90. The Morgan fingerprint density at radius 3 is 2.46 bits per heavy atom. The van der Waals surface area contributed by atoms with Gasteiger partial charge in [0, 0.05) is 0 Å². The van der Waals surface area contributed by atoms with Gasteiger partial charge >= 0.3 is 0 Å². The lowest BCUT2D eigenvalue weighted by atomic mass is 10.0. The third kappa shape index (κ3) is 1.92. The molecule has 0 unspecified atom stereocenters. The number of benzene rings is 1. The van der Waals surface area contributed by atoms with Crippen LogP contribution in [0.4, 0.5) is 4.39 Å². The molecule has 13 heavy (non-hydrogen) atoms. The molecule has 2 N–H and O–H groups in total. The number of carbonyl (C=O) groups is 1. The lowest BCUT2D eigenvalue weighted by Crippen LogP contribution is -2.15. The topological polar surface area (TPSA) is 43.1 Å². The van der Waals surface area contributed by atoms with E-state index in [1.54, 1.807) is 13.0 Å². The Morgan fingerprint density at radius 2 is 1.92 bits per heavy atom. The number of nitrogens with two attached hydrogens (primary N) is 1. The van der Waals surface area contributed by atoms with Crippen molar-refractivity contribution in [3.05, 3.63) is 34.6 Å². The van der Waals surface area contributed by atoms with Crippen LogP contribution in [0.3, 0.4) is 0 Å². The average molecular weight is 181 g/mol. The molecule has 0 bridgehead atoms. The van der Waals surface area contributed by atoms with Crippen LogP contribution in [0, 0.1) is 19.7 Å². The third-order valence-electron chi connectivity index (χ3n) is 2.07. The van der Waals surface area contributed by atoms with E-state index < -0.39 is 5.82 Å². The first-order chi connectivity index (χ1) is 6.06. The number of hydrogen-bond acceptors (Lipinski definition) is 2. The van der Waals surface area contributed by atoms with Gasteiger partial charge in [0.25, 0.3) is 0 Å². The predicted octanol–water partition coefficient (Wildman–Crippen LogP) is 1.58. The molecular weight excluding hydrogens is 169 g/mol. The molecule has 0 aliphatic heterocycles. The van der Waals surface area contributed by atoms with Crippen molar-refractivity contribution in [2.45, 2.75) is 13.8 Å². The molecule has 0 saturated carbocycles. The van der Waals surface area contributed by atoms with Crippen LogP contribution >= 0.6 is 0 Å². The van der Waals surface area contributed by atoms with Crippen molar-refractivity contribution < 1.29 is 9.18 Å². The van der Waals surface area contributed by atoms with Crippen molar-refractivity contribution in [3.8, 4) is 0 Å². The second-order valence-corrected chi connectivity index (χ2v) is 3.04. The number of halogens is 1. The highest BCUT2D eigenvalue weighted by molar-refractivity contribution is 5.97. The Kier molecular flexibility index (Phi) is 2.78. The smallest absolute Gasteiger partial charge is 0.179 e.